The van der Waals surface area contributed by atoms with Crippen molar-refractivity contribution in [2.45, 2.75) is 19.6 Å². The van der Waals surface area contributed by atoms with E-state index in [1.54, 1.807) is 0 Å². The average Bonchev–Trinajstić information content (AvgIpc) is 2.99. The summed E-state index contributed by atoms with van der Waals surface area (Å²) in [6.07, 6.45) is 1.30. The molecule has 7 heteroatoms. The molecule has 2 aliphatic heterocycles. The fourth-order valence-electron chi connectivity index (χ4n) is 2.32. The largest absolute Gasteiger partial charge is 0.419 e. The normalized spacial score (nSPS) is 19.4. The van der Waals surface area contributed by atoms with Gasteiger partial charge in [-0.15, -0.1) is 0 Å². The second-order valence-corrected chi connectivity index (χ2v) is 5.58. The fourth-order valence-corrected chi connectivity index (χ4v) is 2.32. The van der Waals surface area contributed by atoms with Gasteiger partial charge in [0, 0.05) is 37.8 Å². The van der Waals surface area contributed by atoms with Crippen LogP contribution in [0, 0.1) is 0 Å². The monoisotopic (exact) mass is 315 g/mol. The molecule has 120 valence electrons. The van der Waals surface area contributed by atoms with Crippen LogP contribution in [0.25, 0.3) is 0 Å². The molecule has 2 aliphatic rings. The van der Waals surface area contributed by atoms with Crippen LogP contribution in [0.5, 0.6) is 0 Å². The van der Waals surface area contributed by atoms with E-state index in [0.717, 1.165) is 30.2 Å². The van der Waals surface area contributed by atoms with Gasteiger partial charge in [0.15, 0.2) is 5.57 Å². The summed E-state index contributed by atoms with van der Waals surface area (Å²) in [6, 6.07) is 7.47. The van der Waals surface area contributed by atoms with Gasteiger partial charge in [-0.05, 0) is 12.1 Å². The van der Waals surface area contributed by atoms with E-state index in [1.165, 1.54) is 20.0 Å². The number of para-hydroxylation sites is 1. The van der Waals surface area contributed by atoms with Gasteiger partial charge in [0.1, 0.15) is 5.84 Å². The first-order valence-electron chi connectivity index (χ1n) is 7.27. The van der Waals surface area contributed by atoms with Crippen LogP contribution in [0.15, 0.2) is 41.0 Å². The molecule has 0 aromatic heterocycles. The van der Waals surface area contributed by atoms with Crippen LogP contribution in [-0.2, 0) is 19.1 Å². The molecule has 7 nitrogen and oxygen atoms in total. The zero-order valence-corrected chi connectivity index (χ0v) is 12.9. The minimum Gasteiger partial charge on any atom is -0.419 e. The summed E-state index contributed by atoms with van der Waals surface area (Å²) in [6.45, 7) is 4.52. The van der Waals surface area contributed by atoms with E-state index in [-0.39, 0.29) is 5.57 Å². The highest BCUT2D eigenvalue weighted by Crippen LogP contribution is 2.23. The minimum absolute atomic E-state index is 0.180. The summed E-state index contributed by atoms with van der Waals surface area (Å²) in [7, 11) is 0. The first kappa shape index (κ1) is 15.1. The predicted octanol–water partition coefficient (Wildman–Crippen LogP) is 1.17. The zero-order valence-electron chi connectivity index (χ0n) is 12.9. The lowest BCUT2D eigenvalue weighted by atomic mass is 10.1. The molecule has 0 atom stereocenters. The number of carbonyl (C=O) groups excluding carboxylic acids is 2. The second-order valence-electron chi connectivity index (χ2n) is 5.58. The van der Waals surface area contributed by atoms with Gasteiger partial charge in [0.2, 0.25) is 0 Å². The quantitative estimate of drug-likeness (QED) is 0.494. The molecular formula is C16H17N3O4. The number of nitrogens with zero attached hydrogens (tertiary/aromatic N) is 1. The number of ether oxygens (including phenoxy) is 2. The Balaban J connectivity index is 1.83. The van der Waals surface area contributed by atoms with Gasteiger partial charge in [-0.3, -0.25) is 4.99 Å². The highest BCUT2D eigenvalue weighted by molar-refractivity contribution is 6.15. The van der Waals surface area contributed by atoms with Crippen molar-refractivity contribution >= 4 is 23.5 Å². The molecule has 23 heavy (non-hydrogen) atoms. The van der Waals surface area contributed by atoms with Crippen molar-refractivity contribution < 1.29 is 19.1 Å². The third kappa shape index (κ3) is 3.18. The third-order valence-corrected chi connectivity index (χ3v) is 3.35. The van der Waals surface area contributed by atoms with Crippen LogP contribution in [0.3, 0.4) is 0 Å². The van der Waals surface area contributed by atoms with Crippen molar-refractivity contribution in [3.8, 4) is 0 Å². The Hall–Kier alpha value is -2.83. The predicted molar refractivity (Wildman–Crippen MR) is 83.8 cm³/mol. The maximum atomic E-state index is 11.9. The van der Waals surface area contributed by atoms with E-state index < -0.39 is 17.7 Å². The number of rotatable bonds is 3. The van der Waals surface area contributed by atoms with Gasteiger partial charge in [0.25, 0.3) is 5.79 Å². The Kier molecular flexibility index (Phi) is 3.77. The maximum Gasteiger partial charge on any atom is 0.350 e. The average molecular weight is 315 g/mol. The molecule has 2 heterocycles. The summed E-state index contributed by atoms with van der Waals surface area (Å²) < 4.78 is 10.1. The van der Waals surface area contributed by atoms with Crippen LogP contribution in [0.1, 0.15) is 19.4 Å². The third-order valence-electron chi connectivity index (χ3n) is 3.35. The van der Waals surface area contributed by atoms with Crippen LogP contribution in [0.4, 0.5) is 5.69 Å². The SMILES string of the molecule is CC1(C)OC(=O)C(=CNc2ccccc2C2=NCCN2)C(=O)O1. The lowest BCUT2D eigenvalue weighted by Gasteiger charge is -2.29. The van der Waals surface area contributed by atoms with Crippen LogP contribution < -0.4 is 10.6 Å². The van der Waals surface area contributed by atoms with Crippen molar-refractivity contribution in [2.75, 3.05) is 18.4 Å². The van der Waals surface area contributed by atoms with Crippen molar-refractivity contribution in [1.82, 2.24) is 5.32 Å². The molecule has 3 rings (SSSR count). The summed E-state index contributed by atoms with van der Waals surface area (Å²) in [5, 5.41) is 6.15. The number of benzene rings is 1. The minimum atomic E-state index is -1.24. The van der Waals surface area contributed by atoms with Crippen LogP contribution in [-0.4, -0.2) is 36.7 Å². The number of carbonyl (C=O) groups is 2. The van der Waals surface area contributed by atoms with Gasteiger partial charge in [-0.25, -0.2) is 9.59 Å². The molecule has 0 amide bonds. The molecule has 0 unspecified atom stereocenters. The number of esters is 2. The van der Waals surface area contributed by atoms with E-state index in [4.69, 9.17) is 9.47 Å². The Morgan fingerprint density at radius 1 is 1.22 bits per heavy atom. The van der Waals surface area contributed by atoms with E-state index >= 15 is 0 Å². The number of hydrogen-bond donors (Lipinski definition) is 2. The number of aliphatic imine (C=N–C) groups is 1. The van der Waals surface area contributed by atoms with Gasteiger partial charge >= 0.3 is 11.9 Å². The highest BCUT2D eigenvalue weighted by Gasteiger charge is 2.38. The highest BCUT2D eigenvalue weighted by atomic mass is 16.7. The molecule has 0 saturated carbocycles. The molecule has 1 fully saturated rings. The summed E-state index contributed by atoms with van der Waals surface area (Å²) in [4.78, 5) is 28.2. The lowest BCUT2D eigenvalue weighted by molar-refractivity contribution is -0.222. The molecule has 0 radical (unpaired) electrons. The van der Waals surface area contributed by atoms with Gasteiger partial charge in [0.05, 0.1) is 6.54 Å². The molecule has 0 aliphatic carbocycles. The van der Waals surface area contributed by atoms with E-state index in [2.05, 4.69) is 15.6 Å². The number of anilines is 1. The Labute approximate surface area is 133 Å². The Morgan fingerprint density at radius 2 is 1.91 bits per heavy atom. The van der Waals surface area contributed by atoms with Crippen molar-refractivity contribution in [3.05, 3.63) is 41.6 Å². The topological polar surface area (TPSA) is 89.0 Å². The van der Waals surface area contributed by atoms with Crippen molar-refractivity contribution in [1.29, 1.82) is 0 Å². The first-order chi connectivity index (χ1) is 11.0. The van der Waals surface area contributed by atoms with Gasteiger partial charge < -0.3 is 20.1 Å². The van der Waals surface area contributed by atoms with Crippen molar-refractivity contribution in [2.24, 2.45) is 4.99 Å². The first-order valence-corrected chi connectivity index (χ1v) is 7.27. The smallest absolute Gasteiger partial charge is 0.350 e. The number of hydrogen-bond acceptors (Lipinski definition) is 7. The van der Waals surface area contributed by atoms with E-state index in [0.29, 0.717) is 0 Å². The maximum absolute atomic E-state index is 11.9. The zero-order chi connectivity index (χ0) is 16.4. The summed E-state index contributed by atoms with van der Waals surface area (Å²) in [5.41, 5.74) is 1.40. The standard InChI is InChI=1S/C16H17N3O4/c1-16(2)22-14(20)11(15(21)23-16)9-19-12-6-4-3-5-10(12)13-17-7-8-18-13/h3-6,9,19H,7-8H2,1-2H3,(H,17,18). The Morgan fingerprint density at radius 3 is 2.57 bits per heavy atom. The molecular weight excluding hydrogens is 298 g/mol. The summed E-state index contributed by atoms with van der Waals surface area (Å²) >= 11 is 0. The molecule has 1 saturated heterocycles. The number of cyclic esters (lactones) is 2. The fraction of sp³-hybridized carbons (Fsp3) is 0.312. The van der Waals surface area contributed by atoms with Gasteiger partial charge in [-0.1, -0.05) is 12.1 Å². The van der Waals surface area contributed by atoms with Crippen LogP contribution >= 0.6 is 0 Å². The molecule has 1 aromatic rings. The molecule has 0 spiro atoms. The van der Waals surface area contributed by atoms with Crippen LogP contribution in [0.2, 0.25) is 0 Å². The van der Waals surface area contributed by atoms with Crippen molar-refractivity contribution in [3.63, 3.8) is 0 Å². The summed E-state index contributed by atoms with van der Waals surface area (Å²) in [5.74, 6) is -1.90. The molecule has 2 N–H and O–H groups in total. The number of nitrogens with one attached hydrogen (secondary N) is 2. The molecule has 1 aromatic carbocycles. The van der Waals surface area contributed by atoms with Gasteiger partial charge in [-0.2, -0.15) is 0 Å². The lowest BCUT2D eigenvalue weighted by Crippen LogP contribution is -2.42. The Bertz CT molecular complexity index is 700. The second kappa shape index (κ2) is 5.75. The van der Waals surface area contributed by atoms with E-state index in [9.17, 15) is 9.59 Å². The van der Waals surface area contributed by atoms with E-state index in [1.807, 2.05) is 24.3 Å². The number of amidine groups is 1. The molecule has 0 bridgehead atoms.